The molecular weight excluding hydrogens is 538 g/mol. The summed E-state index contributed by atoms with van der Waals surface area (Å²) in [6.45, 7) is 0.577. The molecule has 1 aliphatic heterocycles. The van der Waals surface area contributed by atoms with Crippen LogP contribution in [0.15, 0.2) is 152 Å². The Kier molecular flexibility index (Phi) is 6.50. The van der Waals surface area contributed by atoms with E-state index in [-0.39, 0.29) is 0 Å². The van der Waals surface area contributed by atoms with E-state index in [0.717, 1.165) is 50.3 Å². The van der Waals surface area contributed by atoms with E-state index in [1.807, 2.05) is 42.5 Å². The minimum Gasteiger partial charge on any atom is -0.488 e. The van der Waals surface area contributed by atoms with Crippen LogP contribution in [0.1, 0.15) is 5.56 Å². The molecule has 0 amide bonds. The van der Waals surface area contributed by atoms with Crippen molar-refractivity contribution in [3.8, 4) is 73.3 Å². The summed E-state index contributed by atoms with van der Waals surface area (Å²) in [5, 5.41) is 0. The highest BCUT2D eigenvalue weighted by Gasteiger charge is 2.21. The fourth-order valence-electron chi connectivity index (χ4n) is 5.86. The van der Waals surface area contributed by atoms with Crippen molar-refractivity contribution >= 4 is 0 Å². The van der Waals surface area contributed by atoms with Gasteiger partial charge in [0.25, 0.3) is 0 Å². The Balaban J connectivity index is 1.27. The van der Waals surface area contributed by atoms with Gasteiger partial charge in [-0.05, 0) is 51.6 Å². The first-order chi connectivity index (χ1) is 21.8. The summed E-state index contributed by atoms with van der Waals surface area (Å²) in [4.78, 5) is 15.0. The summed E-state index contributed by atoms with van der Waals surface area (Å²) in [5.74, 6) is 2.80. The molecule has 8 rings (SSSR count). The van der Waals surface area contributed by atoms with Crippen LogP contribution in [-0.4, -0.2) is 15.0 Å². The summed E-state index contributed by atoms with van der Waals surface area (Å²) >= 11 is 0. The lowest BCUT2D eigenvalue weighted by Crippen LogP contribution is -2.06. The van der Waals surface area contributed by atoms with Gasteiger partial charge in [-0.1, -0.05) is 133 Å². The lowest BCUT2D eigenvalue weighted by Gasteiger charge is -2.23. The monoisotopic (exact) mass is 565 g/mol. The first-order valence-corrected chi connectivity index (χ1v) is 14.7. The van der Waals surface area contributed by atoms with Crippen LogP contribution in [0.2, 0.25) is 0 Å². The predicted octanol–water partition coefficient (Wildman–Crippen LogP) is 9.77. The third-order valence-corrected chi connectivity index (χ3v) is 8.02. The molecule has 0 saturated heterocycles. The van der Waals surface area contributed by atoms with Crippen LogP contribution in [0.5, 0.6) is 5.75 Å². The van der Waals surface area contributed by atoms with Gasteiger partial charge >= 0.3 is 0 Å². The van der Waals surface area contributed by atoms with Gasteiger partial charge in [0.1, 0.15) is 12.4 Å². The predicted molar refractivity (Wildman–Crippen MR) is 177 cm³/mol. The van der Waals surface area contributed by atoms with E-state index in [2.05, 4.69) is 109 Å². The largest absolute Gasteiger partial charge is 0.488 e. The van der Waals surface area contributed by atoms with E-state index < -0.39 is 0 Å². The van der Waals surface area contributed by atoms with Crippen LogP contribution in [0, 0.1) is 0 Å². The zero-order valence-corrected chi connectivity index (χ0v) is 23.9. The average Bonchev–Trinajstić information content (AvgIpc) is 3.12. The molecule has 1 aromatic heterocycles. The number of fused-ring (bicyclic) bond motifs is 3. The van der Waals surface area contributed by atoms with E-state index in [1.54, 1.807) is 0 Å². The fourth-order valence-corrected chi connectivity index (χ4v) is 5.86. The highest BCUT2D eigenvalue weighted by Crippen LogP contribution is 2.44. The molecule has 0 unspecified atom stereocenters. The van der Waals surface area contributed by atoms with Crippen molar-refractivity contribution in [2.45, 2.75) is 6.61 Å². The minimum absolute atomic E-state index is 0.577. The number of rotatable bonds is 5. The molecule has 44 heavy (non-hydrogen) atoms. The maximum absolute atomic E-state index is 6.17. The van der Waals surface area contributed by atoms with Gasteiger partial charge in [-0.25, -0.2) is 15.0 Å². The smallest absolute Gasteiger partial charge is 0.164 e. The Morgan fingerprint density at radius 1 is 0.386 bits per heavy atom. The van der Waals surface area contributed by atoms with Gasteiger partial charge in [0.05, 0.1) is 0 Å². The van der Waals surface area contributed by atoms with E-state index in [1.165, 1.54) is 11.1 Å². The van der Waals surface area contributed by atoms with Crippen LogP contribution in [-0.2, 0) is 6.61 Å². The first-order valence-electron chi connectivity index (χ1n) is 14.7. The Bertz CT molecular complexity index is 2120. The van der Waals surface area contributed by atoms with Gasteiger partial charge in [0.15, 0.2) is 17.5 Å². The topological polar surface area (TPSA) is 47.9 Å². The van der Waals surface area contributed by atoms with Gasteiger partial charge in [-0.2, -0.15) is 0 Å². The average molecular weight is 566 g/mol. The SMILES string of the molecule is c1ccc(-c2cccc(-c3nc(-c4ccccc4)nc(-c4cccc(-c5cccc6c5-c5ccccc5CO6)c4)n3)c2)cc1. The minimum atomic E-state index is 0.577. The molecule has 0 atom stereocenters. The molecule has 0 spiro atoms. The lowest BCUT2D eigenvalue weighted by molar-refractivity contribution is 0.302. The molecule has 0 fully saturated rings. The second-order valence-corrected chi connectivity index (χ2v) is 10.8. The van der Waals surface area contributed by atoms with Crippen molar-refractivity contribution in [2.75, 3.05) is 0 Å². The Labute approximate surface area is 256 Å². The zero-order chi connectivity index (χ0) is 29.3. The quantitative estimate of drug-likeness (QED) is 0.208. The van der Waals surface area contributed by atoms with Crippen molar-refractivity contribution in [2.24, 2.45) is 0 Å². The Morgan fingerprint density at radius 3 is 1.61 bits per heavy atom. The Hall–Kier alpha value is -5.87. The van der Waals surface area contributed by atoms with E-state index >= 15 is 0 Å². The molecule has 4 heteroatoms. The summed E-state index contributed by atoms with van der Waals surface area (Å²) < 4.78 is 6.17. The van der Waals surface area contributed by atoms with Crippen molar-refractivity contribution in [1.82, 2.24) is 15.0 Å². The number of nitrogens with zero attached hydrogens (tertiary/aromatic N) is 3. The summed E-state index contributed by atoms with van der Waals surface area (Å²) in [5.41, 5.74) is 10.8. The second-order valence-electron chi connectivity index (χ2n) is 10.8. The summed E-state index contributed by atoms with van der Waals surface area (Å²) in [6, 6.07) is 52.0. The van der Waals surface area contributed by atoms with Gasteiger partial charge < -0.3 is 4.74 Å². The fraction of sp³-hybridized carbons (Fsp3) is 0.0250. The zero-order valence-electron chi connectivity index (χ0n) is 23.9. The Morgan fingerprint density at radius 2 is 0.886 bits per heavy atom. The highest BCUT2D eigenvalue weighted by atomic mass is 16.5. The standard InChI is InChI=1S/C40H27N3O/c1-3-12-27(13-4-1)29-17-9-19-31(24-29)39-41-38(28-14-5-2-6-15-28)42-40(43-39)32-20-10-18-30(25-32)34-22-11-23-36-37(34)35-21-8-7-16-33(35)26-44-36/h1-25H,26H2. The van der Waals surface area contributed by atoms with Crippen LogP contribution in [0.25, 0.3) is 67.5 Å². The van der Waals surface area contributed by atoms with Gasteiger partial charge in [0.2, 0.25) is 0 Å². The van der Waals surface area contributed by atoms with Gasteiger partial charge in [-0.3, -0.25) is 0 Å². The normalized spacial score (nSPS) is 11.7. The maximum Gasteiger partial charge on any atom is 0.164 e. The molecule has 0 bridgehead atoms. The van der Waals surface area contributed by atoms with Gasteiger partial charge in [0, 0.05) is 22.3 Å². The summed E-state index contributed by atoms with van der Waals surface area (Å²) in [6.07, 6.45) is 0. The first kappa shape index (κ1) is 25.8. The number of aromatic nitrogens is 3. The molecule has 0 aliphatic carbocycles. The molecule has 0 saturated carbocycles. The van der Waals surface area contributed by atoms with Crippen molar-refractivity contribution in [3.63, 3.8) is 0 Å². The molecule has 1 aliphatic rings. The number of benzene rings is 6. The lowest BCUT2D eigenvalue weighted by atomic mass is 9.89. The molecule has 4 nitrogen and oxygen atoms in total. The number of hydrogen-bond acceptors (Lipinski definition) is 4. The van der Waals surface area contributed by atoms with E-state index in [4.69, 9.17) is 19.7 Å². The molecule has 2 heterocycles. The highest BCUT2D eigenvalue weighted by molar-refractivity contribution is 5.90. The van der Waals surface area contributed by atoms with Crippen molar-refractivity contribution < 1.29 is 4.74 Å². The van der Waals surface area contributed by atoms with Crippen LogP contribution in [0.4, 0.5) is 0 Å². The van der Waals surface area contributed by atoms with E-state index in [0.29, 0.717) is 24.1 Å². The summed E-state index contributed by atoms with van der Waals surface area (Å²) in [7, 11) is 0. The maximum atomic E-state index is 6.17. The van der Waals surface area contributed by atoms with Crippen molar-refractivity contribution in [1.29, 1.82) is 0 Å². The van der Waals surface area contributed by atoms with Gasteiger partial charge in [-0.15, -0.1) is 0 Å². The molecule has 0 N–H and O–H groups in total. The molecule has 0 radical (unpaired) electrons. The van der Waals surface area contributed by atoms with Crippen LogP contribution in [0.3, 0.4) is 0 Å². The van der Waals surface area contributed by atoms with Crippen molar-refractivity contribution in [3.05, 3.63) is 157 Å². The molecule has 208 valence electrons. The van der Waals surface area contributed by atoms with E-state index in [9.17, 15) is 0 Å². The third-order valence-electron chi connectivity index (χ3n) is 8.02. The number of ether oxygens (including phenoxy) is 1. The number of hydrogen-bond donors (Lipinski definition) is 0. The molecule has 6 aromatic carbocycles. The van der Waals surface area contributed by atoms with Crippen LogP contribution < -0.4 is 4.74 Å². The third kappa shape index (κ3) is 4.83. The molecule has 7 aromatic rings. The van der Waals surface area contributed by atoms with Crippen LogP contribution >= 0.6 is 0 Å². The second kappa shape index (κ2) is 11.1. The molecular formula is C40H27N3O.